The predicted octanol–water partition coefficient (Wildman–Crippen LogP) is 1.13. The van der Waals surface area contributed by atoms with E-state index >= 15 is 0 Å². The van der Waals surface area contributed by atoms with Gasteiger partial charge in [0.25, 0.3) is 0 Å². The van der Waals surface area contributed by atoms with Crippen LogP contribution >= 0.6 is 0 Å². The van der Waals surface area contributed by atoms with Crippen LogP contribution in [0.4, 0.5) is 0 Å². The minimum atomic E-state index is 0.756. The van der Waals surface area contributed by atoms with Crippen molar-refractivity contribution in [3.05, 3.63) is 0 Å². The fourth-order valence-corrected chi connectivity index (χ4v) is 1.51. The second kappa shape index (κ2) is 5.56. The van der Waals surface area contributed by atoms with Gasteiger partial charge in [-0.3, -0.25) is 0 Å². The van der Waals surface area contributed by atoms with Gasteiger partial charge in [0, 0.05) is 12.6 Å². The number of rotatable bonds is 5. The van der Waals surface area contributed by atoms with E-state index in [-0.39, 0.29) is 0 Å². The molecule has 11 heavy (non-hydrogen) atoms. The molecule has 0 saturated carbocycles. The van der Waals surface area contributed by atoms with Gasteiger partial charge in [-0.1, -0.05) is 13.3 Å². The first kappa shape index (κ1) is 9.01. The Balaban J connectivity index is 1.86. The highest BCUT2D eigenvalue weighted by molar-refractivity contribution is 4.75. The monoisotopic (exact) mass is 156 g/mol. The Labute approximate surface area is 69.8 Å². The van der Waals surface area contributed by atoms with Gasteiger partial charge >= 0.3 is 0 Å². The van der Waals surface area contributed by atoms with E-state index in [0.29, 0.717) is 0 Å². The lowest BCUT2D eigenvalue weighted by Crippen LogP contribution is -2.34. The molecule has 1 rings (SSSR count). The highest BCUT2D eigenvalue weighted by Gasteiger charge is 2.12. The Kier molecular flexibility index (Phi) is 4.55. The maximum absolute atomic E-state index is 3.47. The molecule has 0 spiro atoms. The van der Waals surface area contributed by atoms with Crippen molar-refractivity contribution in [2.45, 2.75) is 38.6 Å². The van der Waals surface area contributed by atoms with Crippen LogP contribution in [0.3, 0.4) is 0 Å². The van der Waals surface area contributed by atoms with Gasteiger partial charge in [0.05, 0.1) is 0 Å². The molecule has 1 aliphatic rings. The zero-order chi connectivity index (χ0) is 7.94. The molecule has 1 unspecified atom stereocenters. The van der Waals surface area contributed by atoms with Crippen molar-refractivity contribution >= 4 is 0 Å². The smallest absolute Gasteiger partial charge is 0.0192 e. The molecule has 66 valence electrons. The molecular formula is C9H20N2. The summed E-state index contributed by atoms with van der Waals surface area (Å²) < 4.78 is 0. The summed E-state index contributed by atoms with van der Waals surface area (Å²) in [6.07, 6.45) is 5.33. The highest BCUT2D eigenvalue weighted by Crippen LogP contribution is 2.02. The van der Waals surface area contributed by atoms with Gasteiger partial charge in [-0.2, -0.15) is 0 Å². The van der Waals surface area contributed by atoms with Gasteiger partial charge < -0.3 is 10.6 Å². The lowest BCUT2D eigenvalue weighted by molar-refractivity contribution is 0.527. The summed E-state index contributed by atoms with van der Waals surface area (Å²) in [7, 11) is 0. The Morgan fingerprint density at radius 3 is 3.09 bits per heavy atom. The van der Waals surface area contributed by atoms with Crippen LogP contribution in [-0.2, 0) is 0 Å². The standard InChI is InChI=1S/C9H20N2/c1-2-3-6-10-8-9-5-4-7-11-9/h9-11H,2-8H2,1H3. The number of hydrogen-bond acceptors (Lipinski definition) is 2. The van der Waals surface area contributed by atoms with E-state index in [0.717, 1.165) is 6.04 Å². The molecule has 2 N–H and O–H groups in total. The largest absolute Gasteiger partial charge is 0.315 e. The van der Waals surface area contributed by atoms with E-state index in [4.69, 9.17) is 0 Å². The number of unbranched alkanes of at least 4 members (excludes halogenated alkanes) is 1. The molecule has 0 aliphatic carbocycles. The maximum Gasteiger partial charge on any atom is 0.0192 e. The average Bonchev–Trinajstić information content (AvgIpc) is 2.50. The number of nitrogens with one attached hydrogen (secondary N) is 2. The van der Waals surface area contributed by atoms with Crippen LogP contribution in [0.15, 0.2) is 0 Å². The van der Waals surface area contributed by atoms with Gasteiger partial charge in [-0.25, -0.2) is 0 Å². The summed E-state index contributed by atoms with van der Waals surface area (Å²) in [5.41, 5.74) is 0. The van der Waals surface area contributed by atoms with Crippen molar-refractivity contribution in [2.75, 3.05) is 19.6 Å². The van der Waals surface area contributed by atoms with Crippen LogP contribution in [-0.4, -0.2) is 25.7 Å². The summed E-state index contributed by atoms with van der Waals surface area (Å²) in [5, 5.41) is 6.94. The molecule has 2 nitrogen and oxygen atoms in total. The van der Waals surface area contributed by atoms with Crippen LogP contribution < -0.4 is 10.6 Å². The van der Waals surface area contributed by atoms with Gasteiger partial charge in [0.1, 0.15) is 0 Å². The van der Waals surface area contributed by atoms with Crippen molar-refractivity contribution in [3.8, 4) is 0 Å². The zero-order valence-electron chi connectivity index (χ0n) is 7.53. The van der Waals surface area contributed by atoms with E-state index in [1.165, 1.54) is 45.3 Å². The quantitative estimate of drug-likeness (QED) is 0.583. The van der Waals surface area contributed by atoms with E-state index in [1.807, 2.05) is 0 Å². The third-order valence-electron chi connectivity index (χ3n) is 2.26. The minimum absolute atomic E-state index is 0.756. The molecule has 1 heterocycles. The maximum atomic E-state index is 3.47. The molecular weight excluding hydrogens is 136 g/mol. The number of hydrogen-bond donors (Lipinski definition) is 2. The third-order valence-corrected chi connectivity index (χ3v) is 2.26. The molecule has 1 atom stereocenters. The van der Waals surface area contributed by atoms with Crippen molar-refractivity contribution in [3.63, 3.8) is 0 Å². The van der Waals surface area contributed by atoms with E-state index in [9.17, 15) is 0 Å². The Morgan fingerprint density at radius 1 is 1.55 bits per heavy atom. The summed E-state index contributed by atoms with van der Waals surface area (Å²) >= 11 is 0. The highest BCUT2D eigenvalue weighted by atomic mass is 15.0. The molecule has 0 amide bonds. The Morgan fingerprint density at radius 2 is 2.45 bits per heavy atom. The molecule has 1 fully saturated rings. The van der Waals surface area contributed by atoms with Gasteiger partial charge in [-0.05, 0) is 32.4 Å². The molecule has 1 saturated heterocycles. The van der Waals surface area contributed by atoms with Gasteiger partial charge in [0.15, 0.2) is 0 Å². The molecule has 0 aromatic carbocycles. The first-order valence-electron chi connectivity index (χ1n) is 4.87. The van der Waals surface area contributed by atoms with Crippen molar-refractivity contribution < 1.29 is 0 Å². The summed E-state index contributed by atoms with van der Waals surface area (Å²) in [6, 6.07) is 0.756. The van der Waals surface area contributed by atoms with Crippen molar-refractivity contribution in [1.82, 2.24) is 10.6 Å². The predicted molar refractivity (Wildman–Crippen MR) is 48.8 cm³/mol. The third kappa shape index (κ3) is 3.73. The first-order chi connectivity index (χ1) is 5.43. The Hall–Kier alpha value is -0.0800. The van der Waals surface area contributed by atoms with E-state index < -0.39 is 0 Å². The van der Waals surface area contributed by atoms with Gasteiger partial charge in [-0.15, -0.1) is 0 Å². The van der Waals surface area contributed by atoms with Crippen molar-refractivity contribution in [2.24, 2.45) is 0 Å². The second-order valence-electron chi connectivity index (χ2n) is 3.35. The van der Waals surface area contributed by atoms with E-state index in [2.05, 4.69) is 17.6 Å². The van der Waals surface area contributed by atoms with E-state index in [1.54, 1.807) is 0 Å². The fraction of sp³-hybridized carbons (Fsp3) is 1.00. The fourth-order valence-electron chi connectivity index (χ4n) is 1.51. The summed E-state index contributed by atoms with van der Waals surface area (Å²) in [6.45, 7) is 5.81. The molecule has 0 radical (unpaired) electrons. The average molecular weight is 156 g/mol. The van der Waals surface area contributed by atoms with Crippen LogP contribution in [0.1, 0.15) is 32.6 Å². The lowest BCUT2D eigenvalue weighted by Gasteiger charge is -2.10. The second-order valence-corrected chi connectivity index (χ2v) is 3.35. The van der Waals surface area contributed by atoms with Gasteiger partial charge in [0.2, 0.25) is 0 Å². The SMILES string of the molecule is CCCCNCC1CCCN1. The van der Waals surface area contributed by atoms with Crippen LogP contribution in [0.2, 0.25) is 0 Å². The topological polar surface area (TPSA) is 24.1 Å². The summed E-state index contributed by atoms with van der Waals surface area (Å²) in [4.78, 5) is 0. The van der Waals surface area contributed by atoms with Crippen LogP contribution in [0, 0.1) is 0 Å². The molecule has 1 aliphatic heterocycles. The first-order valence-corrected chi connectivity index (χ1v) is 4.87. The minimum Gasteiger partial charge on any atom is -0.315 e. The summed E-state index contributed by atoms with van der Waals surface area (Å²) in [5.74, 6) is 0. The molecule has 0 aromatic rings. The van der Waals surface area contributed by atoms with Crippen molar-refractivity contribution in [1.29, 1.82) is 0 Å². The zero-order valence-corrected chi connectivity index (χ0v) is 7.53. The molecule has 0 bridgehead atoms. The van der Waals surface area contributed by atoms with Crippen LogP contribution in [0.5, 0.6) is 0 Å². The Bertz CT molecular complexity index is 87.6. The normalized spacial score (nSPS) is 24.3. The molecule has 0 aromatic heterocycles. The van der Waals surface area contributed by atoms with Crippen LogP contribution in [0.25, 0.3) is 0 Å². The lowest BCUT2D eigenvalue weighted by atomic mass is 10.2. The molecule has 2 heteroatoms.